The van der Waals surface area contributed by atoms with Crippen LogP contribution in [-0.2, 0) is 14.8 Å². The zero-order chi connectivity index (χ0) is 14.1. The van der Waals surface area contributed by atoms with E-state index in [1.165, 1.54) is 4.31 Å². The van der Waals surface area contributed by atoms with Gasteiger partial charge >= 0.3 is 0 Å². The number of benzene rings is 1. The molecule has 2 rings (SSSR count). The smallest absolute Gasteiger partial charge is 0.243 e. The average Bonchev–Trinajstić information content (AvgIpc) is 2.39. The Bertz CT molecular complexity index is 519. The van der Waals surface area contributed by atoms with Gasteiger partial charge in [0, 0.05) is 13.1 Å². The predicted molar refractivity (Wildman–Crippen MR) is 74.4 cm³/mol. The Hall–Kier alpha value is -0.910. The molecule has 0 radical (unpaired) electrons. The van der Waals surface area contributed by atoms with Crippen LogP contribution in [0.2, 0.25) is 0 Å². The van der Waals surface area contributed by atoms with Gasteiger partial charge in [-0.05, 0) is 17.5 Å². The average molecular weight is 283 g/mol. The summed E-state index contributed by atoms with van der Waals surface area (Å²) in [7, 11) is -3.40. The third kappa shape index (κ3) is 3.16. The van der Waals surface area contributed by atoms with Crippen molar-refractivity contribution < 1.29 is 13.2 Å². The quantitative estimate of drug-likeness (QED) is 0.835. The minimum atomic E-state index is -3.40. The van der Waals surface area contributed by atoms with Crippen molar-refractivity contribution in [1.29, 1.82) is 0 Å². The lowest BCUT2D eigenvalue weighted by Crippen LogP contribution is -2.49. The fourth-order valence-electron chi connectivity index (χ4n) is 2.11. The Morgan fingerprint density at radius 2 is 1.84 bits per heavy atom. The highest BCUT2D eigenvalue weighted by Crippen LogP contribution is 2.27. The molecule has 0 bridgehead atoms. The van der Waals surface area contributed by atoms with Crippen molar-refractivity contribution in [2.45, 2.75) is 31.8 Å². The fourth-order valence-corrected chi connectivity index (χ4v) is 3.56. The lowest BCUT2D eigenvalue weighted by atomic mass is 9.88. The summed E-state index contributed by atoms with van der Waals surface area (Å²) in [5, 5.41) is 0. The van der Waals surface area contributed by atoms with Gasteiger partial charge in [0.15, 0.2) is 0 Å². The molecule has 0 amide bonds. The van der Waals surface area contributed by atoms with Gasteiger partial charge < -0.3 is 4.74 Å². The van der Waals surface area contributed by atoms with E-state index in [0.717, 1.165) is 0 Å². The van der Waals surface area contributed by atoms with Crippen molar-refractivity contribution in [3.05, 3.63) is 30.3 Å². The Balaban J connectivity index is 2.22. The molecule has 0 N–H and O–H groups in total. The molecule has 1 aromatic rings. The topological polar surface area (TPSA) is 46.6 Å². The van der Waals surface area contributed by atoms with Gasteiger partial charge in [0.1, 0.15) is 0 Å². The maximum Gasteiger partial charge on any atom is 0.243 e. The van der Waals surface area contributed by atoms with Crippen LogP contribution < -0.4 is 0 Å². The zero-order valence-corrected chi connectivity index (χ0v) is 12.5. The van der Waals surface area contributed by atoms with Crippen molar-refractivity contribution in [3.8, 4) is 0 Å². The highest BCUT2D eigenvalue weighted by atomic mass is 32.2. The number of rotatable bonds is 2. The van der Waals surface area contributed by atoms with Crippen molar-refractivity contribution >= 4 is 10.0 Å². The summed E-state index contributed by atoms with van der Waals surface area (Å²) >= 11 is 0. The van der Waals surface area contributed by atoms with Crippen LogP contribution in [0.3, 0.4) is 0 Å². The van der Waals surface area contributed by atoms with Gasteiger partial charge in [-0.15, -0.1) is 0 Å². The lowest BCUT2D eigenvalue weighted by Gasteiger charge is -2.38. The summed E-state index contributed by atoms with van der Waals surface area (Å²) < 4.78 is 32.3. The van der Waals surface area contributed by atoms with Crippen LogP contribution >= 0.6 is 0 Å². The Kier molecular flexibility index (Phi) is 3.99. The molecule has 0 aliphatic carbocycles. The summed E-state index contributed by atoms with van der Waals surface area (Å²) in [6.07, 6.45) is -0.0697. The van der Waals surface area contributed by atoms with Crippen molar-refractivity contribution in [3.63, 3.8) is 0 Å². The monoisotopic (exact) mass is 283 g/mol. The first kappa shape index (κ1) is 14.5. The summed E-state index contributed by atoms with van der Waals surface area (Å²) in [4.78, 5) is 0.351. The van der Waals surface area contributed by atoms with Crippen LogP contribution in [0.1, 0.15) is 20.8 Å². The standard InChI is InChI=1S/C14H21NO3S/c1-14(2,3)13-11-15(9-10-18-13)19(16,17)12-7-5-4-6-8-12/h4-8,13H,9-11H2,1-3H3. The van der Waals surface area contributed by atoms with E-state index in [0.29, 0.717) is 24.6 Å². The number of hydrogen-bond acceptors (Lipinski definition) is 3. The molecule has 1 unspecified atom stereocenters. The van der Waals surface area contributed by atoms with Gasteiger partial charge in [0.05, 0.1) is 17.6 Å². The summed E-state index contributed by atoms with van der Waals surface area (Å²) in [6.45, 7) is 7.49. The minimum Gasteiger partial charge on any atom is -0.375 e. The molecular formula is C14H21NO3S. The Morgan fingerprint density at radius 3 is 2.42 bits per heavy atom. The molecule has 5 heteroatoms. The van der Waals surface area contributed by atoms with Crippen LogP contribution in [0.15, 0.2) is 35.2 Å². The van der Waals surface area contributed by atoms with E-state index in [-0.39, 0.29) is 11.5 Å². The molecule has 19 heavy (non-hydrogen) atoms. The first-order chi connectivity index (χ1) is 8.82. The fraction of sp³-hybridized carbons (Fsp3) is 0.571. The molecule has 4 nitrogen and oxygen atoms in total. The van der Waals surface area contributed by atoms with E-state index in [1.807, 2.05) is 6.07 Å². The summed E-state index contributed by atoms with van der Waals surface area (Å²) in [6, 6.07) is 8.58. The number of sulfonamides is 1. The first-order valence-corrected chi connectivity index (χ1v) is 7.92. The van der Waals surface area contributed by atoms with Crippen LogP contribution in [0.25, 0.3) is 0 Å². The molecule has 0 aromatic heterocycles. The van der Waals surface area contributed by atoms with E-state index in [1.54, 1.807) is 24.3 Å². The van der Waals surface area contributed by atoms with Crippen molar-refractivity contribution in [2.24, 2.45) is 5.41 Å². The largest absolute Gasteiger partial charge is 0.375 e. The third-order valence-corrected chi connectivity index (χ3v) is 5.26. The Labute approximate surface area is 115 Å². The van der Waals surface area contributed by atoms with Gasteiger partial charge in [-0.2, -0.15) is 4.31 Å². The third-order valence-electron chi connectivity index (χ3n) is 3.38. The molecule has 106 valence electrons. The van der Waals surface area contributed by atoms with Gasteiger partial charge in [-0.1, -0.05) is 39.0 Å². The number of morpholine rings is 1. The van der Waals surface area contributed by atoms with E-state index < -0.39 is 10.0 Å². The molecule has 1 saturated heterocycles. The Morgan fingerprint density at radius 1 is 1.21 bits per heavy atom. The summed E-state index contributed by atoms with van der Waals surface area (Å²) in [5.41, 5.74) is -0.0646. The molecular weight excluding hydrogens is 262 g/mol. The number of nitrogens with zero attached hydrogens (tertiary/aromatic N) is 1. The molecule has 0 saturated carbocycles. The maximum absolute atomic E-state index is 12.5. The molecule has 1 aromatic carbocycles. The van der Waals surface area contributed by atoms with Crippen LogP contribution in [0.4, 0.5) is 0 Å². The van der Waals surface area contributed by atoms with Gasteiger partial charge in [0.25, 0.3) is 0 Å². The zero-order valence-electron chi connectivity index (χ0n) is 11.7. The highest BCUT2D eigenvalue weighted by Gasteiger charge is 2.35. The molecule has 1 heterocycles. The number of ether oxygens (including phenoxy) is 1. The van der Waals surface area contributed by atoms with Crippen molar-refractivity contribution in [2.75, 3.05) is 19.7 Å². The predicted octanol–water partition coefficient (Wildman–Crippen LogP) is 2.12. The van der Waals surface area contributed by atoms with E-state index in [9.17, 15) is 8.42 Å². The second kappa shape index (κ2) is 5.23. The van der Waals surface area contributed by atoms with Gasteiger partial charge in [-0.3, -0.25) is 0 Å². The van der Waals surface area contributed by atoms with E-state index >= 15 is 0 Å². The van der Waals surface area contributed by atoms with Crippen molar-refractivity contribution in [1.82, 2.24) is 4.31 Å². The second-order valence-electron chi connectivity index (χ2n) is 5.90. The lowest BCUT2D eigenvalue weighted by molar-refractivity contribution is -0.0591. The van der Waals surface area contributed by atoms with Crippen LogP contribution in [0.5, 0.6) is 0 Å². The van der Waals surface area contributed by atoms with Gasteiger partial charge in [-0.25, -0.2) is 8.42 Å². The second-order valence-corrected chi connectivity index (χ2v) is 7.84. The van der Waals surface area contributed by atoms with E-state index in [4.69, 9.17) is 4.74 Å². The number of hydrogen-bond donors (Lipinski definition) is 0. The van der Waals surface area contributed by atoms with Crippen LogP contribution in [0, 0.1) is 5.41 Å². The van der Waals surface area contributed by atoms with Crippen LogP contribution in [-0.4, -0.2) is 38.5 Å². The molecule has 1 fully saturated rings. The molecule has 1 aliphatic heterocycles. The highest BCUT2D eigenvalue weighted by molar-refractivity contribution is 7.89. The molecule has 0 spiro atoms. The molecule has 1 atom stereocenters. The first-order valence-electron chi connectivity index (χ1n) is 6.48. The SMILES string of the molecule is CC(C)(C)C1CN(S(=O)(=O)c2ccccc2)CCO1. The summed E-state index contributed by atoms with van der Waals surface area (Å²) in [5.74, 6) is 0. The molecule has 1 aliphatic rings. The van der Waals surface area contributed by atoms with Gasteiger partial charge in [0.2, 0.25) is 10.0 Å². The minimum absolute atomic E-state index is 0.0646. The normalized spacial score (nSPS) is 22.4. The van der Waals surface area contributed by atoms with E-state index in [2.05, 4.69) is 20.8 Å². The maximum atomic E-state index is 12.5.